The van der Waals surface area contributed by atoms with E-state index in [1.807, 2.05) is 12.1 Å². The summed E-state index contributed by atoms with van der Waals surface area (Å²) in [6.07, 6.45) is 0. The van der Waals surface area contributed by atoms with E-state index in [0.717, 1.165) is 4.60 Å². The Hall–Kier alpha value is -1.11. The number of carbonyl (C=O) groups excluding carboxylic acids is 1. The van der Waals surface area contributed by atoms with Crippen molar-refractivity contribution in [2.24, 2.45) is 0 Å². The predicted molar refractivity (Wildman–Crippen MR) is 89.1 cm³/mol. The molecule has 1 N–H and O–H groups in total. The molecule has 2 rings (SSSR count). The highest BCUT2D eigenvalue weighted by atomic mass is 79.9. The Morgan fingerprint density at radius 3 is 1.90 bits per heavy atom. The number of ketones is 1. The van der Waals surface area contributed by atoms with E-state index >= 15 is 0 Å². The molecular weight excluding hydrogens is 400 g/mol. The summed E-state index contributed by atoms with van der Waals surface area (Å²) in [6, 6.07) is 10.7. The van der Waals surface area contributed by atoms with Crippen molar-refractivity contribution < 1.29 is 9.90 Å². The third kappa shape index (κ3) is 6.46. The average molecular weight is 416 g/mol. The molecule has 0 amide bonds. The van der Waals surface area contributed by atoms with E-state index in [4.69, 9.17) is 0 Å². The number of aromatic nitrogens is 2. The normalized spacial score (nSPS) is 10.6. The molecule has 0 aliphatic heterocycles. The van der Waals surface area contributed by atoms with Gasteiger partial charge in [-0.25, -0.2) is 9.97 Å². The second-order valence-corrected chi connectivity index (χ2v) is 6.43. The zero-order valence-corrected chi connectivity index (χ0v) is 15.1. The molecule has 0 unspecified atom stereocenters. The molecule has 0 aromatic carbocycles. The molecule has 112 valence electrons. The van der Waals surface area contributed by atoms with Crippen molar-refractivity contribution in [3.05, 3.63) is 57.0 Å². The van der Waals surface area contributed by atoms with Gasteiger partial charge in [0.2, 0.25) is 0 Å². The van der Waals surface area contributed by atoms with Gasteiger partial charge in [0, 0.05) is 6.92 Å². The number of nitrogens with zero attached hydrogens (tertiary/aromatic N) is 2. The van der Waals surface area contributed by atoms with Crippen molar-refractivity contribution in [1.82, 2.24) is 9.97 Å². The van der Waals surface area contributed by atoms with Crippen LogP contribution in [0.2, 0.25) is 0 Å². The number of hydrogen-bond acceptors (Lipinski definition) is 4. The van der Waals surface area contributed by atoms with Crippen LogP contribution in [-0.2, 0) is 5.60 Å². The lowest BCUT2D eigenvalue weighted by Crippen LogP contribution is -2.17. The molecule has 0 saturated carbocycles. The summed E-state index contributed by atoms with van der Waals surface area (Å²) in [5, 5.41) is 9.53. The van der Waals surface area contributed by atoms with Gasteiger partial charge in [-0.15, -0.1) is 0 Å². The van der Waals surface area contributed by atoms with Gasteiger partial charge in [0.05, 0.1) is 5.69 Å². The molecule has 0 bridgehead atoms. The molecule has 4 nitrogen and oxygen atoms in total. The molecule has 0 aliphatic carbocycles. The van der Waals surface area contributed by atoms with E-state index in [2.05, 4.69) is 41.8 Å². The van der Waals surface area contributed by atoms with Crippen LogP contribution in [-0.4, -0.2) is 20.9 Å². The summed E-state index contributed by atoms with van der Waals surface area (Å²) in [4.78, 5) is 18.8. The van der Waals surface area contributed by atoms with Gasteiger partial charge in [0.1, 0.15) is 20.5 Å². The van der Waals surface area contributed by atoms with Crippen LogP contribution in [0, 0.1) is 0 Å². The third-order valence-corrected chi connectivity index (χ3v) is 3.30. The maximum absolute atomic E-state index is 10.7. The maximum atomic E-state index is 10.7. The van der Waals surface area contributed by atoms with Crippen LogP contribution in [0.15, 0.2) is 45.6 Å². The fourth-order valence-corrected chi connectivity index (χ4v) is 2.04. The van der Waals surface area contributed by atoms with E-state index in [1.54, 1.807) is 38.1 Å². The zero-order chi connectivity index (χ0) is 16.0. The lowest BCUT2D eigenvalue weighted by atomic mass is 10.1. The Labute approximate surface area is 140 Å². The largest absolute Gasteiger partial charge is 0.384 e. The van der Waals surface area contributed by atoms with Gasteiger partial charge in [-0.1, -0.05) is 12.1 Å². The van der Waals surface area contributed by atoms with Gasteiger partial charge in [-0.2, -0.15) is 0 Å². The number of halogens is 2. The molecular formula is C15H16Br2N2O2. The first kappa shape index (κ1) is 17.9. The van der Waals surface area contributed by atoms with Crippen LogP contribution in [0.25, 0.3) is 0 Å². The Morgan fingerprint density at radius 1 is 1.05 bits per heavy atom. The van der Waals surface area contributed by atoms with Crippen LogP contribution in [0.4, 0.5) is 0 Å². The summed E-state index contributed by atoms with van der Waals surface area (Å²) in [5.74, 6) is -0.0127. The Morgan fingerprint density at radius 2 is 1.57 bits per heavy atom. The first-order valence-electron chi connectivity index (χ1n) is 6.19. The van der Waals surface area contributed by atoms with Crippen molar-refractivity contribution in [2.45, 2.75) is 26.4 Å². The molecule has 0 saturated heterocycles. The van der Waals surface area contributed by atoms with E-state index < -0.39 is 5.60 Å². The number of pyridine rings is 2. The fraction of sp³-hybridized carbons (Fsp3) is 0.267. The Kier molecular flexibility index (Phi) is 6.64. The van der Waals surface area contributed by atoms with Crippen molar-refractivity contribution in [2.75, 3.05) is 0 Å². The van der Waals surface area contributed by atoms with Gasteiger partial charge in [0.25, 0.3) is 0 Å². The molecule has 0 fully saturated rings. The molecule has 2 heterocycles. The average Bonchev–Trinajstić information content (AvgIpc) is 2.38. The summed E-state index contributed by atoms with van der Waals surface area (Å²) < 4.78 is 1.44. The second-order valence-electron chi connectivity index (χ2n) is 4.81. The highest BCUT2D eigenvalue weighted by Gasteiger charge is 2.16. The van der Waals surface area contributed by atoms with Crippen LogP contribution < -0.4 is 0 Å². The topological polar surface area (TPSA) is 63.1 Å². The smallest absolute Gasteiger partial charge is 0.178 e. The van der Waals surface area contributed by atoms with Crippen LogP contribution in [0.3, 0.4) is 0 Å². The number of carbonyl (C=O) groups is 1. The van der Waals surface area contributed by atoms with Crippen LogP contribution in [0.1, 0.15) is 37.0 Å². The molecule has 0 spiro atoms. The molecule has 2 aromatic heterocycles. The van der Waals surface area contributed by atoms with E-state index in [-0.39, 0.29) is 5.78 Å². The first-order valence-corrected chi connectivity index (χ1v) is 7.77. The molecule has 0 aliphatic rings. The van der Waals surface area contributed by atoms with Gasteiger partial charge in [-0.05, 0) is 70.0 Å². The number of hydrogen-bond donors (Lipinski definition) is 1. The van der Waals surface area contributed by atoms with E-state index in [1.165, 1.54) is 6.92 Å². The predicted octanol–water partition coefficient (Wildman–Crippen LogP) is 4.12. The molecule has 6 heteroatoms. The minimum absolute atomic E-state index is 0.0127. The minimum Gasteiger partial charge on any atom is -0.384 e. The third-order valence-electron chi connectivity index (χ3n) is 2.42. The summed E-state index contributed by atoms with van der Waals surface area (Å²) in [7, 11) is 0. The van der Waals surface area contributed by atoms with Crippen molar-refractivity contribution >= 4 is 37.6 Å². The Bertz CT molecular complexity index is 625. The van der Waals surface area contributed by atoms with Crippen LogP contribution in [0.5, 0.6) is 0 Å². The molecule has 0 atom stereocenters. The van der Waals surface area contributed by atoms with Gasteiger partial charge >= 0.3 is 0 Å². The standard InChI is InChI=1S/C8H10BrNO.C7H6BrNO/c1-8(2,11)6-4-3-5-7(9)10-6;1-5(10)6-3-2-4-7(8)9-6/h3-5,11H,1-2H3;2-4H,1H3. The minimum atomic E-state index is -0.857. The monoisotopic (exact) mass is 414 g/mol. The summed E-state index contributed by atoms with van der Waals surface area (Å²) >= 11 is 6.40. The van der Waals surface area contributed by atoms with Crippen LogP contribution >= 0.6 is 31.9 Å². The fourth-order valence-electron chi connectivity index (χ4n) is 1.35. The lowest BCUT2D eigenvalue weighted by Gasteiger charge is -2.15. The molecule has 0 radical (unpaired) electrons. The SMILES string of the molecule is CC(=O)c1cccc(Br)n1.CC(C)(O)c1cccc(Br)n1. The molecule has 2 aromatic rings. The van der Waals surface area contributed by atoms with Gasteiger partial charge < -0.3 is 5.11 Å². The van der Waals surface area contributed by atoms with Crippen molar-refractivity contribution in [3.8, 4) is 0 Å². The van der Waals surface area contributed by atoms with E-state index in [9.17, 15) is 9.90 Å². The summed E-state index contributed by atoms with van der Waals surface area (Å²) in [6.45, 7) is 4.92. The zero-order valence-electron chi connectivity index (χ0n) is 12.0. The highest BCUT2D eigenvalue weighted by Crippen LogP contribution is 2.18. The Balaban J connectivity index is 0.000000211. The van der Waals surface area contributed by atoms with Gasteiger partial charge in [-0.3, -0.25) is 4.79 Å². The quantitative estimate of drug-likeness (QED) is 0.591. The van der Waals surface area contributed by atoms with Crippen molar-refractivity contribution in [1.29, 1.82) is 0 Å². The van der Waals surface area contributed by atoms with Crippen molar-refractivity contribution in [3.63, 3.8) is 0 Å². The number of rotatable bonds is 2. The number of aliphatic hydroxyl groups is 1. The highest BCUT2D eigenvalue weighted by molar-refractivity contribution is 9.10. The van der Waals surface area contributed by atoms with E-state index in [0.29, 0.717) is 16.0 Å². The summed E-state index contributed by atoms with van der Waals surface area (Å²) in [5.41, 5.74) is 0.310. The van der Waals surface area contributed by atoms with Gasteiger partial charge in [0.15, 0.2) is 5.78 Å². The maximum Gasteiger partial charge on any atom is 0.178 e. The lowest BCUT2D eigenvalue weighted by molar-refractivity contribution is 0.0737. The number of Topliss-reactive ketones (excluding diaryl/α,β-unsaturated/α-hetero) is 1. The first-order chi connectivity index (χ1) is 9.70. The second kappa shape index (κ2) is 7.77. The molecule has 21 heavy (non-hydrogen) atoms.